The van der Waals surface area contributed by atoms with Crippen molar-refractivity contribution in [3.05, 3.63) is 0 Å². The highest BCUT2D eigenvalue weighted by Crippen LogP contribution is 2.28. The summed E-state index contributed by atoms with van der Waals surface area (Å²) in [6.45, 7) is 7.80. The van der Waals surface area contributed by atoms with Gasteiger partial charge in [0.05, 0.1) is 0 Å². The van der Waals surface area contributed by atoms with Crippen LogP contribution in [-0.2, 0) is 10.8 Å². The molecule has 0 aromatic rings. The van der Waals surface area contributed by atoms with Gasteiger partial charge in [0.25, 0.3) is 0 Å². The predicted octanol–water partition coefficient (Wildman–Crippen LogP) is 2.56. The Balaban J connectivity index is 2.20. The van der Waals surface area contributed by atoms with Gasteiger partial charge >= 0.3 is 0 Å². The minimum Gasteiger partial charge on any atom is -0.314 e. The van der Waals surface area contributed by atoms with Gasteiger partial charge in [0.1, 0.15) is 0 Å². The lowest BCUT2D eigenvalue weighted by atomic mass is 9.80. The topological polar surface area (TPSA) is 29.1 Å². The predicted molar refractivity (Wildman–Crippen MR) is 72.1 cm³/mol. The largest absolute Gasteiger partial charge is 0.314 e. The average molecular weight is 245 g/mol. The SMILES string of the molecule is C[C@@H]1CC[C@H](NCC[C@H](C)[S@@](C)=O)[C@@H](C)C1. The van der Waals surface area contributed by atoms with E-state index in [2.05, 4.69) is 26.1 Å². The standard InChI is InChI=1S/C13H27NOS/c1-10-5-6-13(11(2)9-10)14-8-7-12(3)16(4)15/h10-14H,5-9H2,1-4H3/t10-,11+,12+,13+,16-/m1/s1. The molecule has 96 valence electrons. The highest BCUT2D eigenvalue weighted by Gasteiger charge is 2.24. The second-order valence-corrected chi connectivity index (χ2v) is 7.36. The van der Waals surface area contributed by atoms with Gasteiger partial charge in [0.2, 0.25) is 0 Å². The summed E-state index contributed by atoms with van der Waals surface area (Å²) in [5.74, 6) is 1.70. The van der Waals surface area contributed by atoms with E-state index in [-0.39, 0.29) is 0 Å². The minimum absolute atomic E-state index is 0.324. The van der Waals surface area contributed by atoms with E-state index in [1.54, 1.807) is 6.26 Å². The Morgan fingerprint density at radius 3 is 2.62 bits per heavy atom. The summed E-state index contributed by atoms with van der Waals surface area (Å²) in [4.78, 5) is 0. The molecule has 1 saturated carbocycles. The molecule has 0 bridgehead atoms. The highest BCUT2D eigenvalue weighted by molar-refractivity contribution is 7.84. The summed E-state index contributed by atoms with van der Waals surface area (Å²) in [6, 6.07) is 0.689. The Morgan fingerprint density at radius 1 is 1.38 bits per heavy atom. The van der Waals surface area contributed by atoms with Gasteiger partial charge < -0.3 is 5.32 Å². The first-order chi connectivity index (χ1) is 7.50. The van der Waals surface area contributed by atoms with Crippen LogP contribution < -0.4 is 5.32 Å². The molecule has 0 spiro atoms. The van der Waals surface area contributed by atoms with Crippen molar-refractivity contribution in [1.82, 2.24) is 5.32 Å². The maximum atomic E-state index is 11.2. The maximum absolute atomic E-state index is 11.2. The van der Waals surface area contributed by atoms with Crippen LogP contribution in [0.5, 0.6) is 0 Å². The van der Waals surface area contributed by atoms with Crippen LogP contribution in [-0.4, -0.2) is 28.3 Å². The van der Waals surface area contributed by atoms with Crippen molar-refractivity contribution in [1.29, 1.82) is 0 Å². The number of rotatable bonds is 5. The van der Waals surface area contributed by atoms with Crippen molar-refractivity contribution in [2.24, 2.45) is 11.8 Å². The average Bonchev–Trinajstić information content (AvgIpc) is 2.20. The minimum atomic E-state index is -0.671. The van der Waals surface area contributed by atoms with Gasteiger partial charge in [-0.15, -0.1) is 0 Å². The van der Waals surface area contributed by atoms with Gasteiger partial charge in [-0.05, 0) is 44.1 Å². The van der Waals surface area contributed by atoms with E-state index in [1.165, 1.54) is 19.3 Å². The van der Waals surface area contributed by atoms with E-state index < -0.39 is 10.8 Å². The van der Waals surface area contributed by atoms with Gasteiger partial charge in [-0.25, -0.2) is 0 Å². The molecule has 3 heteroatoms. The lowest BCUT2D eigenvalue weighted by molar-refractivity contribution is 0.228. The molecule has 1 rings (SSSR count). The molecule has 0 radical (unpaired) electrons. The molecule has 1 aliphatic carbocycles. The number of hydrogen-bond donors (Lipinski definition) is 1. The van der Waals surface area contributed by atoms with E-state index in [0.29, 0.717) is 11.3 Å². The van der Waals surface area contributed by atoms with Crippen molar-refractivity contribution in [3.8, 4) is 0 Å². The van der Waals surface area contributed by atoms with E-state index in [1.807, 2.05) is 0 Å². The van der Waals surface area contributed by atoms with Crippen LogP contribution in [0.25, 0.3) is 0 Å². The Bertz CT molecular complexity index is 232. The summed E-state index contributed by atoms with van der Waals surface area (Å²) in [5, 5.41) is 3.97. The first kappa shape index (κ1) is 14.2. The molecule has 0 heterocycles. The van der Waals surface area contributed by atoms with Gasteiger partial charge in [-0.2, -0.15) is 0 Å². The van der Waals surface area contributed by atoms with Crippen LogP contribution in [0.15, 0.2) is 0 Å². The molecule has 16 heavy (non-hydrogen) atoms. The molecule has 0 unspecified atom stereocenters. The molecule has 1 N–H and O–H groups in total. The summed E-state index contributed by atoms with van der Waals surface area (Å²) < 4.78 is 11.2. The third kappa shape index (κ3) is 4.54. The first-order valence-corrected chi connectivity index (χ1v) is 8.18. The summed E-state index contributed by atoms with van der Waals surface area (Å²) in [6.07, 6.45) is 6.85. The fourth-order valence-corrected chi connectivity index (χ4v) is 3.06. The van der Waals surface area contributed by atoms with Crippen LogP contribution >= 0.6 is 0 Å². The fraction of sp³-hybridized carbons (Fsp3) is 1.00. The van der Waals surface area contributed by atoms with Gasteiger partial charge in [0, 0.05) is 28.3 Å². The third-order valence-electron chi connectivity index (χ3n) is 3.96. The van der Waals surface area contributed by atoms with Gasteiger partial charge in [-0.3, -0.25) is 4.21 Å². The van der Waals surface area contributed by atoms with Crippen LogP contribution in [0.4, 0.5) is 0 Å². The van der Waals surface area contributed by atoms with E-state index >= 15 is 0 Å². The van der Waals surface area contributed by atoms with Crippen LogP contribution in [0, 0.1) is 11.8 Å². The molecule has 0 aromatic carbocycles. The molecule has 0 aromatic heterocycles. The molecule has 1 aliphatic rings. The van der Waals surface area contributed by atoms with E-state index in [0.717, 1.165) is 24.8 Å². The molecule has 1 fully saturated rings. The Morgan fingerprint density at radius 2 is 2.06 bits per heavy atom. The Kier molecular flexibility index (Phi) is 5.98. The van der Waals surface area contributed by atoms with Crippen molar-refractivity contribution >= 4 is 10.8 Å². The van der Waals surface area contributed by atoms with E-state index in [9.17, 15) is 4.21 Å². The first-order valence-electron chi connectivity index (χ1n) is 6.56. The number of hydrogen-bond acceptors (Lipinski definition) is 2. The van der Waals surface area contributed by atoms with Gasteiger partial charge in [-0.1, -0.05) is 20.8 Å². The van der Waals surface area contributed by atoms with Crippen molar-refractivity contribution in [3.63, 3.8) is 0 Å². The second kappa shape index (κ2) is 6.75. The quantitative estimate of drug-likeness (QED) is 0.806. The summed E-state index contributed by atoms with van der Waals surface area (Å²) in [7, 11) is -0.671. The highest BCUT2D eigenvalue weighted by atomic mass is 32.2. The molecule has 2 nitrogen and oxygen atoms in total. The zero-order valence-corrected chi connectivity index (χ0v) is 12.0. The Hall–Kier alpha value is 0.110. The fourth-order valence-electron chi connectivity index (χ4n) is 2.61. The van der Waals surface area contributed by atoms with Crippen LogP contribution in [0.1, 0.15) is 46.5 Å². The van der Waals surface area contributed by atoms with Crippen molar-refractivity contribution in [2.75, 3.05) is 12.8 Å². The molecule has 0 saturated heterocycles. The maximum Gasteiger partial charge on any atom is 0.0329 e. The lowest BCUT2D eigenvalue weighted by Crippen LogP contribution is -2.40. The monoisotopic (exact) mass is 245 g/mol. The zero-order valence-electron chi connectivity index (χ0n) is 11.2. The summed E-state index contributed by atoms with van der Waals surface area (Å²) >= 11 is 0. The van der Waals surface area contributed by atoms with Crippen LogP contribution in [0.3, 0.4) is 0 Å². The molecule has 0 amide bonds. The van der Waals surface area contributed by atoms with Crippen molar-refractivity contribution < 1.29 is 4.21 Å². The van der Waals surface area contributed by atoms with E-state index in [4.69, 9.17) is 0 Å². The smallest absolute Gasteiger partial charge is 0.0329 e. The third-order valence-corrected chi connectivity index (χ3v) is 5.32. The second-order valence-electron chi connectivity index (χ2n) is 5.55. The molecule has 0 aliphatic heterocycles. The Labute approximate surface area is 103 Å². The lowest BCUT2D eigenvalue weighted by Gasteiger charge is -2.33. The summed E-state index contributed by atoms with van der Waals surface area (Å²) in [5.41, 5.74) is 0. The molecular formula is C13H27NOS. The van der Waals surface area contributed by atoms with Crippen molar-refractivity contribution in [2.45, 2.75) is 57.7 Å². The number of nitrogens with one attached hydrogen (secondary N) is 1. The van der Waals surface area contributed by atoms with Gasteiger partial charge in [0.15, 0.2) is 0 Å². The zero-order chi connectivity index (χ0) is 12.1. The van der Waals surface area contributed by atoms with Crippen LogP contribution in [0.2, 0.25) is 0 Å². The molecule has 5 atom stereocenters. The molecular weight excluding hydrogens is 218 g/mol. The normalized spacial score (nSPS) is 34.6.